The highest BCUT2D eigenvalue weighted by atomic mass is 35.5. The molecule has 0 bridgehead atoms. The maximum atomic E-state index is 13.7. The lowest BCUT2D eigenvalue weighted by molar-refractivity contribution is 0.0830. The molecule has 43 heavy (non-hydrogen) atoms. The molecule has 1 aliphatic heterocycles. The van der Waals surface area contributed by atoms with Crippen molar-refractivity contribution in [1.82, 2.24) is 10.6 Å². The normalized spacial score (nSPS) is 16.4. The van der Waals surface area contributed by atoms with Crippen LogP contribution in [0.1, 0.15) is 41.3 Å². The highest BCUT2D eigenvalue weighted by molar-refractivity contribution is 8.25. The highest BCUT2D eigenvalue weighted by Gasteiger charge is 2.28. The Labute approximate surface area is 266 Å². The molecule has 0 saturated carbocycles. The summed E-state index contributed by atoms with van der Waals surface area (Å²) in [6.07, 6.45) is 1.06. The van der Waals surface area contributed by atoms with E-state index in [1.807, 2.05) is 49.4 Å². The lowest BCUT2D eigenvalue weighted by Gasteiger charge is -2.47. The average molecular weight is 654 g/mol. The third-order valence-corrected chi connectivity index (χ3v) is 9.39. The Morgan fingerprint density at radius 3 is 2.53 bits per heavy atom. The Morgan fingerprint density at radius 1 is 1.07 bits per heavy atom. The first-order chi connectivity index (χ1) is 20.2. The number of nitrogens with zero attached hydrogens (tertiary/aromatic N) is 1. The van der Waals surface area contributed by atoms with Crippen LogP contribution in [0.4, 0.5) is 11.4 Å². The van der Waals surface area contributed by atoms with Crippen LogP contribution >= 0.6 is 34.8 Å². The molecule has 0 aromatic heterocycles. The fraction of sp³-hybridized carbons (Fsp3) is 0.387. The predicted octanol–water partition coefficient (Wildman–Crippen LogP) is 5.96. The molecule has 0 aliphatic carbocycles. The van der Waals surface area contributed by atoms with Crippen molar-refractivity contribution >= 4 is 52.1 Å². The predicted molar refractivity (Wildman–Crippen MR) is 179 cm³/mol. The quantitative estimate of drug-likeness (QED) is 0.134. The van der Waals surface area contributed by atoms with E-state index in [1.54, 1.807) is 35.7 Å². The van der Waals surface area contributed by atoms with E-state index < -0.39 is 22.9 Å². The van der Waals surface area contributed by atoms with Crippen molar-refractivity contribution in [3.05, 3.63) is 88.4 Å². The van der Waals surface area contributed by atoms with E-state index in [-0.39, 0.29) is 24.9 Å². The molecule has 12 heteroatoms. The van der Waals surface area contributed by atoms with Crippen LogP contribution in [-0.2, 0) is 13.0 Å². The SMILES string of the molecule is CCNc1cc(C(=O)N[C@@H](Cc2ccc(Cl)cc2)[C@H](O)CNCc2cccc(OC)c2)cc(N2CCCCS2(O)O)c1.Cl. The van der Waals surface area contributed by atoms with Gasteiger partial charge in [-0.1, -0.05) is 35.9 Å². The van der Waals surface area contributed by atoms with E-state index in [9.17, 15) is 19.0 Å². The molecule has 1 saturated heterocycles. The first kappa shape index (κ1) is 34.8. The lowest BCUT2D eigenvalue weighted by Crippen LogP contribution is -2.48. The van der Waals surface area contributed by atoms with Gasteiger partial charge in [-0.2, -0.15) is 0 Å². The maximum Gasteiger partial charge on any atom is 0.251 e. The fourth-order valence-corrected chi connectivity index (χ4v) is 6.80. The van der Waals surface area contributed by atoms with Gasteiger partial charge in [0.2, 0.25) is 0 Å². The topological polar surface area (TPSA) is 126 Å². The van der Waals surface area contributed by atoms with Crippen molar-refractivity contribution in [2.75, 3.05) is 42.1 Å². The minimum Gasteiger partial charge on any atom is -0.497 e. The van der Waals surface area contributed by atoms with Gasteiger partial charge < -0.3 is 25.8 Å². The summed E-state index contributed by atoms with van der Waals surface area (Å²) in [5, 5.41) is 21.4. The second-order valence-electron chi connectivity index (χ2n) is 10.4. The van der Waals surface area contributed by atoms with Crippen molar-refractivity contribution in [3.8, 4) is 5.75 Å². The zero-order chi connectivity index (χ0) is 30.1. The first-order valence-corrected chi connectivity index (χ1v) is 16.2. The zero-order valence-electron chi connectivity index (χ0n) is 24.5. The van der Waals surface area contributed by atoms with Crippen molar-refractivity contribution in [2.45, 2.75) is 44.9 Å². The summed E-state index contributed by atoms with van der Waals surface area (Å²) in [5.74, 6) is 0.695. The summed E-state index contributed by atoms with van der Waals surface area (Å²) in [6, 6.07) is 19.7. The van der Waals surface area contributed by atoms with Crippen LogP contribution in [0.25, 0.3) is 0 Å². The lowest BCUT2D eigenvalue weighted by atomic mass is 10.00. The van der Waals surface area contributed by atoms with E-state index in [1.165, 1.54) is 0 Å². The molecule has 0 spiro atoms. The van der Waals surface area contributed by atoms with E-state index in [2.05, 4.69) is 16.0 Å². The van der Waals surface area contributed by atoms with Crippen LogP contribution in [0, 0.1) is 0 Å². The van der Waals surface area contributed by atoms with Crippen LogP contribution < -0.4 is 25.0 Å². The zero-order valence-corrected chi connectivity index (χ0v) is 26.9. The smallest absolute Gasteiger partial charge is 0.251 e. The van der Waals surface area contributed by atoms with E-state index in [0.717, 1.165) is 29.7 Å². The van der Waals surface area contributed by atoms with Crippen LogP contribution in [-0.4, -0.2) is 64.8 Å². The molecule has 236 valence electrons. The molecule has 3 aromatic carbocycles. The van der Waals surface area contributed by atoms with Gasteiger partial charge in [-0.3, -0.25) is 18.2 Å². The van der Waals surface area contributed by atoms with Crippen molar-refractivity contribution < 1.29 is 23.7 Å². The Balaban J connectivity index is 0.00000506. The molecule has 0 radical (unpaired) electrons. The number of carbonyl (C=O) groups excluding carboxylic acids is 1. The molecule has 1 heterocycles. The monoisotopic (exact) mass is 652 g/mol. The Bertz CT molecular complexity index is 1330. The second kappa shape index (κ2) is 16.4. The molecule has 0 unspecified atom stereocenters. The standard InChI is InChI=1S/C31H41ClN4O5S.ClH/c1-3-34-26-17-24(18-27(19-26)36-13-4-5-14-42(36,39)40)31(38)35-29(16-22-9-11-25(32)12-10-22)30(37)21-33-20-23-7-6-8-28(15-23)41-2;/h6-12,15,17-19,29-30,33-34,37,39-40H,3-5,13-14,16,20-21H2,1-2H3,(H,35,38);1H/t29-,30+;/m0./s1. The van der Waals surface area contributed by atoms with Crippen molar-refractivity contribution in [3.63, 3.8) is 0 Å². The van der Waals surface area contributed by atoms with Crippen LogP contribution in [0.15, 0.2) is 66.7 Å². The third-order valence-electron chi connectivity index (χ3n) is 7.20. The molecular weight excluding hydrogens is 611 g/mol. The fourth-order valence-electron chi connectivity index (χ4n) is 5.00. The van der Waals surface area contributed by atoms with Gasteiger partial charge in [-0.15, -0.1) is 23.2 Å². The molecular formula is C31H42Cl2N4O5S. The first-order valence-electron chi connectivity index (χ1n) is 14.2. The number of anilines is 2. The number of aliphatic hydroxyl groups excluding tert-OH is 1. The Hall–Kier alpha value is -2.70. The number of carbonyl (C=O) groups is 1. The number of hydrogen-bond donors (Lipinski definition) is 6. The average Bonchev–Trinajstić information content (AvgIpc) is 2.97. The summed E-state index contributed by atoms with van der Waals surface area (Å²) in [4.78, 5) is 13.7. The molecule has 9 nitrogen and oxygen atoms in total. The largest absolute Gasteiger partial charge is 0.497 e. The number of nitrogens with one attached hydrogen (secondary N) is 3. The van der Waals surface area contributed by atoms with Gasteiger partial charge in [-0.25, -0.2) is 0 Å². The van der Waals surface area contributed by atoms with Crippen LogP contribution in [0.2, 0.25) is 5.02 Å². The summed E-state index contributed by atoms with van der Waals surface area (Å²) in [6.45, 7) is 3.85. The number of methoxy groups -OCH3 is 1. The minimum absolute atomic E-state index is 0. The van der Waals surface area contributed by atoms with E-state index in [0.29, 0.717) is 53.8 Å². The minimum atomic E-state index is -2.96. The van der Waals surface area contributed by atoms with Gasteiger partial charge in [0.1, 0.15) is 5.75 Å². The summed E-state index contributed by atoms with van der Waals surface area (Å²) < 4.78 is 28.3. The molecule has 3 aromatic rings. The van der Waals surface area contributed by atoms with Gasteiger partial charge in [-0.05, 0) is 79.8 Å². The van der Waals surface area contributed by atoms with Crippen LogP contribution in [0.3, 0.4) is 0 Å². The van der Waals surface area contributed by atoms with E-state index >= 15 is 0 Å². The third kappa shape index (κ3) is 9.90. The van der Waals surface area contributed by atoms with Crippen LogP contribution in [0.5, 0.6) is 5.75 Å². The Morgan fingerprint density at radius 2 is 1.84 bits per heavy atom. The molecule has 4 rings (SSSR count). The molecule has 2 atom stereocenters. The second-order valence-corrected chi connectivity index (χ2v) is 13.0. The molecule has 1 aliphatic rings. The number of amides is 1. The molecule has 1 amide bonds. The number of halogens is 2. The van der Waals surface area contributed by atoms with Gasteiger partial charge in [0.25, 0.3) is 5.91 Å². The van der Waals surface area contributed by atoms with Crippen molar-refractivity contribution in [2.24, 2.45) is 0 Å². The summed E-state index contributed by atoms with van der Waals surface area (Å²) in [5.41, 5.74) is 3.57. The number of rotatable bonds is 13. The number of aliphatic hydroxyl groups is 1. The summed E-state index contributed by atoms with van der Waals surface area (Å²) in [7, 11) is -1.34. The van der Waals surface area contributed by atoms with Gasteiger partial charge in [0, 0.05) is 42.5 Å². The van der Waals surface area contributed by atoms with Gasteiger partial charge in [0.05, 0.1) is 30.7 Å². The number of benzene rings is 3. The highest BCUT2D eigenvalue weighted by Crippen LogP contribution is 2.50. The molecule has 1 fully saturated rings. The van der Waals surface area contributed by atoms with E-state index in [4.69, 9.17) is 16.3 Å². The van der Waals surface area contributed by atoms with Gasteiger partial charge >= 0.3 is 0 Å². The Kier molecular flexibility index (Phi) is 13.3. The van der Waals surface area contributed by atoms with Crippen molar-refractivity contribution in [1.29, 1.82) is 0 Å². The molecule has 6 N–H and O–H groups in total. The number of ether oxygens (including phenoxy) is 1. The van der Waals surface area contributed by atoms with Gasteiger partial charge in [0.15, 0.2) is 0 Å². The summed E-state index contributed by atoms with van der Waals surface area (Å²) >= 11 is 6.08. The number of hydrogen-bond acceptors (Lipinski definition) is 8. The maximum absolute atomic E-state index is 13.7.